The van der Waals surface area contributed by atoms with Gasteiger partial charge in [0.05, 0.1) is 54.4 Å². The number of ether oxygens (including phenoxy) is 2. The summed E-state index contributed by atoms with van der Waals surface area (Å²) < 4.78 is 37.6. The van der Waals surface area contributed by atoms with Gasteiger partial charge in [-0.2, -0.15) is 5.10 Å². The van der Waals surface area contributed by atoms with Crippen LogP contribution in [0.1, 0.15) is 37.6 Å². The summed E-state index contributed by atoms with van der Waals surface area (Å²) in [5.74, 6) is 1.14. The molecular weight excluding hydrogens is 534 g/mol. The Kier molecular flexibility index (Phi) is 6.97. The number of hydrogen-bond donors (Lipinski definition) is 3. The Morgan fingerprint density at radius 2 is 1.88 bits per heavy atom. The number of nitrogens with one attached hydrogen (secondary N) is 3. The lowest BCUT2D eigenvalue weighted by Gasteiger charge is -2.35. The van der Waals surface area contributed by atoms with Crippen LogP contribution in [0.4, 0.5) is 22.0 Å². The standard InChI is InChI=1S/C27H33N7O5S/c1-17-15-39-12-10-34(17)24-13-23(27(8-9-27)40(36,37)21-7-11-38-16-21)31-25(32-24)19-3-5-20(6-4-19)29-26(35)30-22-14-28-33-18(22)2/h3-6,13-14,17,21H,7-12,15-16H2,1-2H3,(H,28,33)(H2,29,30,35)/t17-,21?/m0/s1. The molecule has 0 radical (unpaired) electrons. The first kappa shape index (κ1) is 26.7. The van der Waals surface area contributed by atoms with Gasteiger partial charge in [-0.05, 0) is 57.4 Å². The fourth-order valence-electron chi connectivity index (χ4n) is 5.35. The molecule has 3 N–H and O–H groups in total. The SMILES string of the molecule is Cc1[nH]ncc1NC(=O)Nc1ccc(-c2nc(N3CCOC[C@@H]3C)cc(C3(S(=O)(=O)C4CCOC4)CC3)n2)cc1. The van der Waals surface area contributed by atoms with E-state index < -0.39 is 25.9 Å². The molecule has 2 atom stereocenters. The van der Waals surface area contributed by atoms with Gasteiger partial charge in [0.2, 0.25) is 0 Å². The van der Waals surface area contributed by atoms with Gasteiger partial charge in [-0.3, -0.25) is 5.10 Å². The lowest BCUT2D eigenvalue weighted by atomic mass is 10.1. The minimum absolute atomic E-state index is 0.0864. The summed E-state index contributed by atoms with van der Waals surface area (Å²) in [6, 6.07) is 8.73. The van der Waals surface area contributed by atoms with Crippen molar-refractivity contribution < 1.29 is 22.7 Å². The van der Waals surface area contributed by atoms with E-state index in [1.165, 1.54) is 0 Å². The Morgan fingerprint density at radius 3 is 2.52 bits per heavy atom. The van der Waals surface area contributed by atoms with E-state index in [1.807, 2.05) is 25.1 Å². The van der Waals surface area contributed by atoms with Crippen molar-refractivity contribution >= 4 is 33.1 Å². The number of aromatic nitrogens is 4. The number of nitrogens with zero attached hydrogens (tertiary/aromatic N) is 4. The minimum atomic E-state index is -3.50. The summed E-state index contributed by atoms with van der Waals surface area (Å²) in [4.78, 5) is 24.3. The fourth-order valence-corrected chi connectivity index (χ4v) is 7.74. The highest BCUT2D eigenvalue weighted by atomic mass is 32.2. The Labute approximate surface area is 232 Å². The van der Waals surface area contributed by atoms with Crippen molar-refractivity contribution in [2.45, 2.75) is 49.1 Å². The molecule has 1 unspecified atom stereocenters. The monoisotopic (exact) mass is 567 g/mol. The topological polar surface area (TPSA) is 151 Å². The van der Waals surface area contributed by atoms with Crippen LogP contribution in [-0.2, 0) is 24.1 Å². The van der Waals surface area contributed by atoms with Crippen LogP contribution < -0.4 is 15.5 Å². The minimum Gasteiger partial charge on any atom is -0.380 e. The van der Waals surface area contributed by atoms with Gasteiger partial charge in [-0.25, -0.2) is 23.2 Å². The summed E-state index contributed by atoms with van der Waals surface area (Å²) >= 11 is 0. The van der Waals surface area contributed by atoms with Crippen LogP contribution in [-0.4, -0.2) is 78.9 Å². The van der Waals surface area contributed by atoms with E-state index in [0.29, 0.717) is 74.3 Å². The second-order valence-corrected chi connectivity index (χ2v) is 13.2. The van der Waals surface area contributed by atoms with Gasteiger partial charge < -0.3 is 25.0 Å². The highest BCUT2D eigenvalue weighted by molar-refractivity contribution is 7.93. The van der Waals surface area contributed by atoms with Gasteiger partial charge in [0.25, 0.3) is 0 Å². The van der Waals surface area contributed by atoms with Crippen LogP contribution in [0.15, 0.2) is 36.5 Å². The molecule has 2 aliphatic heterocycles. The number of hydrogen-bond acceptors (Lipinski definition) is 9. The molecule has 3 fully saturated rings. The number of aromatic amines is 1. The molecule has 6 rings (SSSR count). The molecule has 2 amide bonds. The Morgan fingerprint density at radius 1 is 1.10 bits per heavy atom. The number of urea groups is 1. The van der Waals surface area contributed by atoms with Gasteiger partial charge >= 0.3 is 6.03 Å². The number of benzene rings is 1. The summed E-state index contributed by atoms with van der Waals surface area (Å²) in [6.07, 6.45) is 3.13. The van der Waals surface area contributed by atoms with Crippen molar-refractivity contribution in [2.24, 2.45) is 0 Å². The number of carbonyl (C=O) groups excluding carboxylic acids is 1. The first-order chi connectivity index (χ1) is 19.3. The third-order valence-corrected chi connectivity index (χ3v) is 10.9. The second-order valence-electron chi connectivity index (χ2n) is 10.6. The second kappa shape index (κ2) is 10.5. The van der Waals surface area contributed by atoms with Crippen molar-refractivity contribution in [2.75, 3.05) is 48.5 Å². The largest absolute Gasteiger partial charge is 0.380 e. The first-order valence-corrected chi connectivity index (χ1v) is 15.0. The van der Waals surface area contributed by atoms with E-state index in [9.17, 15) is 13.2 Å². The van der Waals surface area contributed by atoms with E-state index in [2.05, 4.69) is 32.7 Å². The molecule has 3 aliphatic rings. The zero-order valence-electron chi connectivity index (χ0n) is 22.5. The molecular formula is C27H33N7O5S. The van der Waals surface area contributed by atoms with E-state index >= 15 is 0 Å². The van der Waals surface area contributed by atoms with Crippen LogP contribution in [0.5, 0.6) is 0 Å². The first-order valence-electron chi connectivity index (χ1n) is 13.5. The molecule has 0 spiro atoms. The number of rotatable bonds is 7. The van der Waals surface area contributed by atoms with Crippen LogP contribution in [0.25, 0.3) is 11.4 Å². The number of amides is 2. The number of carbonyl (C=O) groups is 1. The Bertz CT molecular complexity index is 1500. The van der Waals surface area contributed by atoms with E-state index in [1.54, 1.807) is 18.3 Å². The Balaban J connectivity index is 1.31. The zero-order chi connectivity index (χ0) is 27.9. The maximum absolute atomic E-state index is 13.8. The molecule has 40 heavy (non-hydrogen) atoms. The molecule has 2 aromatic heterocycles. The molecule has 2 saturated heterocycles. The summed E-state index contributed by atoms with van der Waals surface area (Å²) in [6.45, 7) is 6.37. The fraction of sp³-hybridized carbons (Fsp3) is 0.481. The third kappa shape index (κ3) is 4.93. The number of anilines is 3. The number of morpholine rings is 1. The molecule has 3 aromatic rings. The Hall–Kier alpha value is -3.55. The quantitative estimate of drug-likeness (QED) is 0.391. The van der Waals surface area contributed by atoms with Gasteiger partial charge in [-0.15, -0.1) is 0 Å². The van der Waals surface area contributed by atoms with E-state index in [0.717, 1.165) is 11.3 Å². The van der Waals surface area contributed by atoms with E-state index in [4.69, 9.17) is 19.4 Å². The number of aryl methyl sites for hydroxylation is 1. The maximum Gasteiger partial charge on any atom is 0.323 e. The molecule has 1 aliphatic carbocycles. The van der Waals surface area contributed by atoms with Crippen LogP contribution in [0, 0.1) is 6.92 Å². The van der Waals surface area contributed by atoms with Crippen LogP contribution >= 0.6 is 0 Å². The highest BCUT2D eigenvalue weighted by Gasteiger charge is 2.60. The van der Waals surface area contributed by atoms with Crippen LogP contribution in [0.3, 0.4) is 0 Å². The average molecular weight is 568 g/mol. The highest BCUT2D eigenvalue weighted by Crippen LogP contribution is 2.55. The van der Waals surface area contributed by atoms with E-state index in [-0.39, 0.29) is 12.6 Å². The molecule has 1 aromatic carbocycles. The van der Waals surface area contributed by atoms with Crippen molar-refractivity contribution in [3.8, 4) is 11.4 Å². The molecule has 12 nitrogen and oxygen atoms in total. The summed E-state index contributed by atoms with van der Waals surface area (Å²) in [5, 5.41) is 11.7. The number of H-pyrrole nitrogens is 1. The number of sulfone groups is 1. The predicted molar refractivity (Wildman–Crippen MR) is 150 cm³/mol. The average Bonchev–Trinajstić information content (AvgIpc) is 3.39. The lowest BCUT2D eigenvalue weighted by molar-refractivity contribution is 0.0985. The van der Waals surface area contributed by atoms with Crippen molar-refractivity contribution in [3.05, 3.63) is 47.9 Å². The lowest BCUT2D eigenvalue weighted by Crippen LogP contribution is -2.44. The molecule has 13 heteroatoms. The van der Waals surface area contributed by atoms with Gasteiger partial charge in [0.1, 0.15) is 10.6 Å². The normalized spacial score (nSPS) is 22.2. The molecule has 1 saturated carbocycles. The smallest absolute Gasteiger partial charge is 0.323 e. The molecule has 0 bridgehead atoms. The zero-order valence-corrected chi connectivity index (χ0v) is 23.3. The molecule has 4 heterocycles. The third-order valence-electron chi connectivity index (χ3n) is 7.90. The summed E-state index contributed by atoms with van der Waals surface area (Å²) in [5.41, 5.74) is 3.19. The van der Waals surface area contributed by atoms with Crippen LogP contribution in [0.2, 0.25) is 0 Å². The van der Waals surface area contributed by atoms with Gasteiger partial charge in [0.15, 0.2) is 15.7 Å². The van der Waals surface area contributed by atoms with Gasteiger partial charge in [-0.1, -0.05) is 0 Å². The van der Waals surface area contributed by atoms with Crippen molar-refractivity contribution in [1.29, 1.82) is 0 Å². The molecule has 212 valence electrons. The van der Waals surface area contributed by atoms with Crippen molar-refractivity contribution in [1.82, 2.24) is 20.2 Å². The maximum atomic E-state index is 13.8. The summed E-state index contributed by atoms with van der Waals surface area (Å²) in [7, 11) is -3.50. The predicted octanol–water partition coefficient (Wildman–Crippen LogP) is 3.24. The van der Waals surface area contributed by atoms with Gasteiger partial charge in [0, 0.05) is 30.5 Å². The van der Waals surface area contributed by atoms with Crippen molar-refractivity contribution in [3.63, 3.8) is 0 Å².